The van der Waals surface area contributed by atoms with Crippen LogP contribution in [-0.4, -0.2) is 57.8 Å². The Balaban J connectivity index is 1.64. The maximum Gasteiger partial charge on any atom is 0.290 e. The van der Waals surface area contributed by atoms with Gasteiger partial charge in [-0.1, -0.05) is 12.5 Å². The lowest BCUT2D eigenvalue weighted by Crippen LogP contribution is -2.40. The van der Waals surface area contributed by atoms with Crippen molar-refractivity contribution in [1.82, 2.24) is 14.8 Å². The molecule has 1 fully saturated rings. The number of aliphatic hydroxyl groups is 1. The molecule has 0 radical (unpaired) electrons. The smallest absolute Gasteiger partial charge is 0.290 e. The second-order valence-electron chi connectivity index (χ2n) is 7.15. The van der Waals surface area contributed by atoms with Gasteiger partial charge in [-0.05, 0) is 55.1 Å². The third-order valence-electron chi connectivity index (χ3n) is 5.42. The van der Waals surface area contributed by atoms with E-state index in [1.54, 1.807) is 41.6 Å². The SMILES string of the molecule is O=C(C1=C(O)C(=O)N(CCN2CCCCC2)C1c1ccncc1)c1cccs1. The third kappa shape index (κ3) is 3.59. The lowest BCUT2D eigenvalue weighted by molar-refractivity contribution is -0.129. The van der Waals surface area contributed by atoms with Crippen LogP contribution in [0.4, 0.5) is 0 Å². The van der Waals surface area contributed by atoms with Gasteiger partial charge in [0.2, 0.25) is 5.78 Å². The Morgan fingerprint density at radius 1 is 1.14 bits per heavy atom. The number of hydrogen-bond acceptors (Lipinski definition) is 6. The van der Waals surface area contributed by atoms with Crippen molar-refractivity contribution in [3.63, 3.8) is 0 Å². The summed E-state index contributed by atoms with van der Waals surface area (Å²) in [6, 6.07) is 6.52. The molecule has 4 heterocycles. The molecule has 0 bridgehead atoms. The number of aliphatic hydroxyl groups excluding tert-OH is 1. The fraction of sp³-hybridized carbons (Fsp3) is 0.381. The molecule has 28 heavy (non-hydrogen) atoms. The number of Topliss-reactive ketones (excluding diaryl/α,β-unsaturated/α-hetero) is 1. The number of nitrogens with zero attached hydrogens (tertiary/aromatic N) is 3. The Morgan fingerprint density at radius 2 is 1.89 bits per heavy atom. The number of rotatable bonds is 6. The Morgan fingerprint density at radius 3 is 2.57 bits per heavy atom. The van der Waals surface area contributed by atoms with E-state index < -0.39 is 17.7 Å². The van der Waals surface area contributed by atoms with Crippen molar-refractivity contribution in [2.45, 2.75) is 25.3 Å². The quantitative estimate of drug-likeness (QED) is 0.758. The van der Waals surface area contributed by atoms with Crippen LogP contribution in [-0.2, 0) is 4.79 Å². The van der Waals surface area contributed by atoms with E-state index in [1.807, 2.05) is 5.38 Å². The number of aromatic nitrogens is 1. The Hall–Kier alpha value is -2.51. The van der Waals surface area contributed by atoms with Crippen molar-refractivity contribution in [2.24, 2.45) is 0 Å². The molecule has 2 aliphatic heterocycles. The van der Waals surface area contributed by atoms with Crippen LogP contribution in [0.25, 0.3) is 0 Å². The highest BCUT2D eigenvalue weighted by Gasteiger charge is 2.43. The van der Waals surface area contributed by atoms with Gasteiger partial charge in [-0.15, -0.1) is 11.3 Å². The van der Waals surface area contributed by atoms with Gasteiger partial charge in [0.15, 0.2) is 5.76 Å². The number of likely N-dealkylation sites (tertiary alicyclic amines) is 1. The molecule has 2 aromatic rings. The molecule has 0 aromatic carbocycles. The molecule has 1 saturated heterocycles. The third-order valence-corrected chi connectivity index (χ3v) is 6.29. The van der Waals surface area contributed by atoms with Crippen LogP contribution in [0.1, 0.15) is 40.5 Å². The standard InChI is InChI=1S/C21H23N3O3S/c25-19(16-5-4-14-28-16)17-18(15-6-8-22-9-7-15)24(21(27)20(17)26)13-12-23-10-2-1-3-11-23/h4-9,14,18,26H,1-3,10-13H2. The summed E-state index contributed by atoms with van der Waals surface area (Å²) in [5.41, 5.74) is 0.947. The number of ketones is 1. The molecule has 6 nitrogen and oxygen atoms in total. The number of thiophene rings is 1. The van der Waals surface area contributed by atoms with Crippen LogP contribution in [0, 0.1) is 0 Å². The number of hydrogen-bond donors (Lipinski definition) is 1. The van der Waals surface area contributed by atoms with Crippen LogP contribution >= 0.6 is 11.3 Å². The highest BCUT2D eigenvalue weighted by atomic mass is 32.1. The first kappa shape index (κ1) is 18.8. The average molecular weight is 398 g/mol. The van der Waals surface area contributed by atoms with Crippen molar-refractivity contribution in [3.05, 3.63) is 63.8 Å². The van der Waals surface area contributed by atoms with E-state index >= 15 is 0 Å². The summed E-state index contributed by atoms with van der Waals surface area (Å²) in [7, 11) is 0. The highest BCUT2D eigenvalue weighted by molar-refractivity contribution is 7.12. The number of amides is 1. The van der Waals surface area contributed by atoms with Gasteiger partial charge >= 0.3 is 0 Å². The summed E-state index contributed by atoms with van der Waals surface area (Å²) >= 11 is 1.31. The number of piperidine rings is 1. The van der Waals surface area contributed by atoms with Crippen molar-refractivity contribution in [2.75, 3.05) is 26.2 Å². The minimum absolute atomic E-state index is 0.164. The average Bonchev–Trinajstić information content (AvgIpc) is 3.36. The van der Waals surface area contributed by atoms with E-state index in [0.29, 0.717) is 11.4 Å². The highest BCUT2D eigenvalue weighted by Crippen LogP contribution is 2.39. The molecule has 7 heteroatoms. The van der Waals surface area contributed by atoms with Gasteiger partial charge in [-0.2, -0.15) is 0 Å². The zero-order valence-electron chi connectivity index (χ0n) is 15.6. The molecule has 1 amide bonds. The van der Waals surface area contributed by atoms with Crippen molar-refractivity contribution >= 4 is 23.0 Å². The zero-order valence-corrected chi connectivity index (χ0v) is 16.4. The van der Waals surface area contributed by atoms with Gasteiger partial charge in [-0.3, -0.25) is 14.6 Å². The van der Waals surface area contributed by atoms with Crippen LogP contribution in [0.3, 0.4) is 0 Å². The first-order chi connectivity index (χ1) is 13.7. The van der Waals surface area contributed by atoms with Crippen LogP contribution < -0.4 is 0 Å². The molecule has 0 aliphatic carbocycles. The Kier molecular flexibility index (Phi) is 5.54. The summed E-state index contributed by atoms with van der Waals surface area (Å²) < 4.78 is 0. The van der Waals surface area contributed by atoms with Gasteiger partial charge in [0.1, 0.15) is 0 Å². The molecular weight excluding hydrogens is 374 g/mol. The predicted octanol–water partition coefficient (Wildman–Crippen LogP) is 3.21. The topological polar surface area (TPSA) is 73.7 Å². The fourth-order valence-corrected chi connectivity index (χ4v) is 4.66. The number of pyridine rings is 1. The lowest BCUT2D eigenvalue weighted by Gasteiger charge is -2.31. The van der Waals surface area contributed by atoms with Crippen LogP contribution in [0.5, 0.6) is 0 Å². The Bertz CT molecular complexity index is 874. The molecule has 1 atom stereocenters. The van der Waals surface area contributed by atoms with Crippen LogP contribution in [0.15, 0.2) is 53.4 Å². The molecule has 4 rings (SSSR count). The largest absolute Gasteiger partial charge is 0.503 e. The molecule has 1 N–H and O–H groups in total. The molecule has 2 aromatic heterocycles. The van der Waals surface area contributed by atoms with Crippen molar-refractivity contribution < 1.29 is 14.7 Å². The summed E-state index contributed by atoms with van der Waals surface area (Å²) in [5.74, 6) is -1.19. The van der Waals surface area contributed by atoms with Gasteiger partial charge in [0.25, 0.3) is 5.91 Å². The monoisotopic (exact) mass is 397 g/mol. The van der Waals surface area contributed by atoms with Gasteiger partial charge in [-0.25, -0.2) is 0 Å². The second-order valence-corrected chi connectivity index (χ2v) is 8.10. The van der Waals surface area contributed by atoms with Crippen LogP contribution in [0.2, 0.25) is 0 Å². The normalized spacial score (nSPS) is 20.8. The molecule has 0 spiro atoms. The minimum atomic E-state index is -0.588. The van der Waals surface area contributed by atoms with E-state index in [1.165, 1.54) is 30.6 Å². The minimum Gasteiger partial charge on any atom is -0.503 e. The van der Waals surface area contributed by atoms with Crippen molar-refractivity contribution in [1.29, 1.82) is 0 Å². The van der Waals surface area contributed by atoms with E-state index in [2.05, 4.69) is 9.88 Å². The summed E-state index contributed by atoms with van der Waals surface area (Å²) in [5, 5.41) is 12.4. The summed E-state index contributed by atoms with van der Waals surface area (Å²) in [6.07, 6.45) is 6.89. The number of carbonyl (C=O) groups is 2. The first-order valence-corrected chi connectivity index (χ1v) is 10.5. The van der Waals surface area contributed by atoms with Gasteiger partial charge in [0, 0.05) is 25.5 Å². The summed E-state index contributed by atoms with van der Waals surface area (Å²) in [4.78, 5) is 34.5. The van der Waals surface area contributed by atoms with E-state index in [-0.39, 0.29) is 11.4 Å². The molecule has 0 saturated carbocycles. The molecule has 146 valence electrons. The van der Waals surface area contributed by atoms with Gasteiger partial charge < -0.3 is 14.9 Å². The number of carbonyl (C=O) groups excluding carboxylic acids is 2. The fourth-order valence-electron chi connectivity index (χ4n) is 3.98. The molecular formula is C21H23N3O3S. The maximum atomic E-state index is 13.1. The molecule has 2 aliphatic rings. The van der Waals surface area contributed by atoms with Crippen molar-refractivity contribution in [3.8, 4) is 0 Å². The second kappa shape index (κ2) is 8.24. The van der Waals surface area contributed by atoms with E-state index in [9.17, 15) is 14.7 Å². The molecule has 1 unspecified atom stereocenters. The van der Waals surface area contributed by atoms with E-state index in [4.69, 9.17) is 0 Å². The van der Waals surface area contributed by atoms with Gasteiger partial charge in [0.05, 0.1) is 16.5 Å². The maximum absolute atomic E-state index is 13.1. The Labute approximate surface area is 168 Å². The predicted molar refractivity (Wildman–Crippen MR) is 107 cm³/mol. The zero-order chi connectivity index (χ0) is 19.5. The first-order valence-electron chi connectivity index (χ1n) is 9.61. The summed E-state index contributed by atoms with van der Waals surface area (Å²) in [6.45, 7) is 3.27. The lowest BCUT2D eigenvalue weighted by atomic mass is 9.96. The van der Waals surface area contributed by atoms with E-state index in [0.717, 1.165) is 25.2 Å².